The zero-order valence-electron chi connectivity index (χ0n) is 9.86. The Labute approximate surface area is 101 Å². The number of hydrogen-bond donors (Lipinski definition) is 3. The quantitative estimate of drug-likeness (QED) is 0.701. The van der Waals surface area contributed by atoms with Gasteiger partial charge in [0.05, 0.1) is 11.9 Å². The smallest absolute Gasteiger partial charge is 0.243 e. The molecule has 17 heavy (non-hydrogen) atoms. The molecule has 0 amide bonds. The molecule has 6 nitrogen and oxygen atoms in total. The van der Waals surface area contributed by atoms with Gasteiger partial charge in [0.1, 0.15) is 4.90 Å². The van der Waals surface area contributed by atoms with E-state index >= 15 is 0 Å². The minimum absolute atomic E-state index is 0.233. The minimum Gasteiger partial charge on any atom is -0.314 e. The summed E-state index contributed by atoms with van der Waals surface area (Å²) in [5, 5.41) is 9.68. The van der Waals surface area contributed by atoms with Gasteiger partial charge in [-0.1, -0.05) is 0 Å². The highest BCUT2D eigenvalue weighted by molar-refractivity contribution is 7.89. The van der Waals surface area contributed by atoms with E-state index in [1.54, 1.807) is 6.92 Å². The molecule has 0 aliphatic carbocycles. The third-order valence-electron chi connectivity index (χ3n) is 3.02. The summed E-state index contributed by atoms with van der Waals surface area (Å²) < 4.78 is 26.4. The second kappa shape index (κ2) is 5.16. The maximum atomic E-state index is 11.9. The molecule has 1 aromatic heterocycles. The Hall–Kier alpha value is -0.920. The molecule has 1 saturated heterocycles. The SMILES string of the molecule is Cc1[nH]ncc1S(=O)(=O)NCC[C@H]1CCCN1. The van der Waals surface area contributed by atoms with Crippen LogP contribution < -0.4 is 10.0 Å². The molecule has 0 saturated carbocycles. The third-order valence-corrected chi connectivity index (χ3v) is 4.60. The number of hydrogen-bond acceptors (Lipinski definition) is 4. The van der Waals surface area contributed by atoms with Gasteiger partial charge in [-0.15, -0.1) is 0 Å². The maximum Gasteiger partial charge on any atom is 0.243 e. The van der Waals surface area contributed by atoms with E-state index in [-0.39, 0.29) is 4.90 Å². The van der Waals surface area contributed by atoms with Gasteiger partial charge in [-0.3, -0.25) is 5.10 Å². The summed E-state index contributed by atoms with van der Waals surface area (Å²) in [4.78, 5) is 0.233. The first-order chi connectivity index (χ1) is 8.09. The third kappa shape index (κ3) is 3.05. The molecule has 96 valence electrons. The molecule has 0 bridgehead atoms. The average Bonchev–Trinajstić information content (AvgIpc) is 2.88. The van der Waals surface area contributed by atoms with Gasteiger partial charge in [-0.25, -0.2) is 13.1 Å². The predicted octanol–water partition coefficient (Wildman–Crippen LogP) is 0.139. The maximum absolute atomic E-state index is 11.9. The number of aryl methyl sites for hydroxylation is 1. The van der Waals surface area contributed by atoms with E-state index in [1.807, 2.05) is 0 Å². The van der Waals surface area contributed by atoms with Gasteiger partial charge in [0, 0.05) is 12.6 Å². The van der Waals surface area contributed by atoms with Crippen LogP contribution in [-0.4, -0.2) is 37.7 Å². The van der Waals surface area contributed by atoms with Crippen molar-refractivity contribution in [2.24, 2.45) is 0 Å². The summed E-state index contributed by atoms with van der Waals surface area (Å²) >= 11 is 0. The molecule has 2 heterocycles. The Kier molecular flexibility index (Phi) is 3.80. The Morgan fingerprint density at radius 3 is 3.00 bits per heavy atom. The molecule has 1 aliphatic rings. The van der Waals surface area contributed by atoms with Crippen LogP contribution in [0.15, 0.2) is 11.1 Å². The second-order valence-corrected chi connectivity index (χ2v) is 6.07. The molecular formula is C10H18N4O2S. The number of nitrogens with zero attached hydrogens (tertiary/aromatic N) is 1. The number of nitrogens with one attached hydrogen (secondary N) is 3. The molecule has 0 aromatic carbocycles. The van der Waals surface area contributed by atoms with Crippen molar-refractivity contribution in [3.05, 3.63) is 11.9 Å². The van der Waals surface area contributed by atoms with Crippen LogP contribution in [0.2, 0.25) is 0 Å². The zero-order valence-corrected chi connectivity index (χ0v) is 10.7. The lowest BCUT2D eigenvalue weighted by Crippen LogP contribution is -2.30. The standard InChI is InChI=1S/C10H18N4O2S/c1-8-10(7-12-14-8)17(15,16)13-6-4-9-3-2-5-11-9/h7,9,11,13H,2-6H2,1H3,(H,12,14)/t9-/m1/s1. The molecule has 1 aromatic rings. The van der Waals surface area contributed by atoms with E-state index in [9.17, 15) is 8.42 Å². The van der Waals surface area contributed by atoms with Gasteiger partial charge in [0.25, 0.3) is 0 Å². The molecular weight excluding hydrogens is 240 g/mol. The van der Waals surface area contributed by atoms with E-state index < -0.39 is 10.0 Å². The molecule has 0 spiro atoms. The van der Waals surface area contributed by atoms with Crippen LogP contribution in [0.5, 0.6) is 0 Å². The zero-order chi connectivity index (χ0) is 12.3. The summed E-state index contributed by atoms with van der Waals surface area (Å²) in [7, 11) is -3.41. The number of sulfonamides is 1. The molecule has 3 N–H and O–H groups in total. The topological polar surface area (TPSA) is 86.9 Å². The highest BCUT2D eigenvalue weighted by Gasteiger charge is 2.19. The van der Waals surface area contributed by atoms with Gasteiger partial charge < -0.3 is 5.32 Å². The monoisotopic (exact) mass is 258 g/mol. The van der Waals surface area contributed by atoms with Crippen molar-refractivity contribution in [3.8, 4) is 0 Å². The van der Waals surface area contributed by atoms with E-state index in [0.717, 1.165) is 19.4 Å². The first-order valence-electron chi connectivity index (χ1n) is 5.82. The van der Waals surface area contributed by atoms with Crippen molar-refractivity contribution in [2.75, 3.05) is 13.1 Å². The van der Waals surface area contributed by atoms with Crippen LogP contribution in [0.25, 0.3) is 0 Å². The van der Waals surface area contributed by atoms with E-state index in [1.165, 1.54) is 12.6 Å². The molecule has 1 fully saturated rings. The second-order valence-electron chi connectivity index (χ2n) is 4.34. The van der Waals surface area contributed by atoms with E-state index in [4.69, 9.17) is 0 Å². The number of H-pyrrole nitrogens is 1. The highest BCUT2D eigenvalue weighted by atomic mass is 32.2. The molecule has 1 aliphatic heterocycles. The van der Waals surface area contributed by atoms with Gasteiger partial charge in [0.15, 0.2) is 0 Å². The highest BCUT2D eigenvalue weighted by Crippen LogP contribution is 2.12. The van der Waals surface area contributed by atoms with Gasteiger partial charge in [-0.2, -0.15) is 5.10 Å². The number of aromatic amines is 1. The summed E-state index contributed by atoms with van der Waals surface area (Å²) in [6.07, 6.45) is 4.48. The van der Waals surface area contributed by atoms with Gasteiger partial charge in [-0.05, 0) is 32.7 Å². The normalized spacial score (nSPS) is 20.9. The van der Waals surface area contributed by atoms with Crippen LogP contribution in [0.3, 0.4) is 0 Å². The molecule has 1 atom stereocenters. The fourth-order valence-corrected chi connectivity index (χ4v) is 3.24. The fraction of sp³-hybridized carbons (Fsp3) is 0.700. The van der Waals surface area contributed by atoms with E-state index in [2.05, 4.69) is 20.2 Å². The van der Waals surface area contributed by atoms with Crippen molar-refractivity contribution in [3.63, 3.8) is 0 Å². The van der Waals surface area contributed by atoms with Crippen LogP contribution in [0.4, 0.5) is 0 Å². The van der Waals surface area contributed by atoms with Crippen molar-refractivity contribution in [1.82, 2.24) is 20.2 Å². The number of rotatable bonds is 5. The molecule has 7 heteroatoms. The van der Waals surface area contributed by atoms with Crippen LogP contribution in [0.1, 0.15) is 25.0 Å². The van der Waals surface area contributed by atoms with Crippen molar-refractivity contribution in [2.45, 2.75) is 37.1 Å². The summed E-state index contributed by atoms with van der Waals surface area (Å²) in [6.45, 7) is 3.20. The van der Waals surface area contributed by atoms with Crippen molar-refractivity contribution in [1.29, 1.82) is 0 Å². The summed E-state index contributed by atoms with van der Waals surface area (Å²) in [5.41, 5.74) is 0.566. The van der Waals surface area contributed by atoms with Gasteiger partial charge >= 0.3 is 0 Å². The molecule has 0 unspecified atom stereocenters. The summed E-state index contributed by atoms with van der Waals surface area (Å²) in [5.74, 6) is 0. The lowest BCUT2D eigenvalue weighted by atomic mass is 10.2. The van der Waals surface area contributed by atoms with Crippen molar-refractivity contribution >= 4 is 10.0 Å². The first-order valence-corrected chi connectivity index (χ1v) is 7.31. The Morgan fingerprint density at radius 1 is 1.59 bits per heavy atom. The fourth-order valence-electron chi connectivity index (χ4n) is 2.06. The Balaban J connectivity index is 1.87. The largest absolute Gasteiger partial charge is 0.314 e. The Bertz CT molecular complexity index is 462. The van der Waals surface area contributed by atoms with Crippen molar-refractivity contribution < 1.29 is 8.42 Å². The van der Waals surface area contributed by atoms with E-state index in [0.29, 0.717) is 18.3 Å². The average molecular weight is 258 g/mol. The van der Waals surface area contributed by atoms with Crippen LogP contribution in [0, 0.1) is 6.92 Å². The minimum atomic E-state index is -3.41. The first kappa shape index (κ1) is 12.5. The molecule has 2 rings (SSSR count). The predicted molar refractivity (Wildman–Crippen MR) is 64.2 cm³/mol. The van der Waals surface area contributed by atoms with Crippen LogP contribution in [-0.2, 0) is 10.0 Å². The number of aromatic nitrogens is 2. The lowest BCUT2D eigenvalue weighted by Gasteiger charge is -2.10. The summed E-state index contributed by atoms with van der Waals surface area (Å²) in [6, 6.07) is 0.447. The van der Waals surface area contributed by atoms with Crippen LogP contribution >= 0.6 is 0 Å². The van der Waals surface area contributed by atoms with Gasteiger partial charge in [0.2, 0.25) is 10.0 Å². The lowest BCUT2D eigenvalue weighted by molar-refractivity contribution is 0.539. The molecule has 0 radical (unpaired) electrons. The Morgan fingerprint density at radius 2 is 2.41 bits per heavy atom.